The second-order valence-corrected chi connectivity index (χ2v) is 6.68. The van der Waals surface area contributed by atoms with Crippen molar-refractivity contribution in [2.45, 2.75) is 27.7 Å². The van der Waals surface area contributed by atoms with Crippen LogP contribution >= 0.6 is 0 Å². The fraction of sp³-hybridized carbons (Fsp3) is 0.261. The second-order valence-electron chi connectivity index (χ2n) is 6.68. The van der Waals surface area contributed by atoms with Crippen LogP contribution in [0.5, 0.6) is 11.5 Å². The van der Waals surface area contributed by atoms with Crippen molar-refractivity contribution in [3.63, 3.8) is 0 Å². The summed E-state index contributed by atoms with van der Waals surface area (Å²) in [6.07, 6.45) is 0. The maximum atomic E-state index is 12.8. The van der Waals surface area contributed by atoms with Crippen molar-refractivity contribution in [2.75, 3.05) is 23.8 Å². The molecule has 2 N–H and O–H groups in total. The lowest BCUT2D eigenvalue weighted by Crippen LogP contribution is -2.16. The third kappa shape index (κ3) is 5.03. The van der Waals surface area contributed by atoms with Gasteiger partial charge < -0.3 is 24.6 Å². The van der Waals surface area contributed by atoms with E-state index in [1.165, 1.54) is 0 Å². The van der Waals surface area contributed by atoms with E-state index in [-0.39, 0.29) is 11.8 Å². The molecule has 2 aromatic carbocycles. The summed E-state index contributed by atoms with van der Waals surface area (Å²) in [4.78, 5) is 25.5. The normalized spacial score (nSPS) is 10.5. The van der Waals surface area contributed by atoms with Crippen LogP contribution in [-0.4, -0.2) is 30.2 Å². The monoisotopic (exact) mass is 423 g/mol. The topological polar surface area (TPSA) is 103 Å². The third-order valence-corrected chi connectivity index (χ3v) is 4.47. The highest BCUT2D eigenvalue weighted by Gasteiger charge is 2.21. The van der Waals surface area contributed by atoms with Crippen molar-refractivity contribution in [1.82, 2.24) is 5.16 Å². The summed E-state index contributed by atoms with van der Waals surface area (Å²) in [6, 6.07) is 12.1. The predicted molar refractivity (Wildman–Crippen MR) is 117 cm³/mol. The van der Waals surface area contributed by atoms with Gasteiger partial charge in [0, 0.05) is 17.7 Å². The molecule has 1 aromatic heterocycles. The van der Waals surface area contributed by atoms with Crippen molar-refractivity contribution >= 4 is 23.2 Å². The van der Waals surface area contributed by atoms with Gasteiger partial charge in [0.05, 0.1) is 30.3 Å². The fourth-order valence-electron chi connectivity index (χ4n) is 3.08. The van der Waals surface area contributed by atoms with Gasteiger partial charge in [0.2, 0.25) is 0 Å². The number of hydrogen-bond donors (Lipinski definition) is 2. The van der Waals surface area contributed by atoms with Crippen LogP contribution in [0.1, 0.15) is 46.0 Å². The number of nitrogens with zero attached hydrogens (tertiary/aromatic N) is 1. The lowest BCUT2D eigenvalue weighted by atomic mass is 10.1. The summed E-state index contributed by atoms with van der Waals surface area (Å²) in [7, 11) is 0. The van der Waals surface area contributed by atoms with Crippen LogP contribution in [0, 0.1) is 13.8 Å². The fourth-order valence-corrected chi connectivity index (χ4v) is 3.08. The van der Waals surface area contributed by atoms with Gasteiger partial charge in [-0.15, -0.1) is 0 Å². The zero-order chi connectivity index (χ0) is 22.4. The van der Waals surface area contributed by atoms with E-state index in [0.29, 0.717) is 58.7 Å². The van der Waals surface area contributed by atoms with Gasteiger partial charge in [-0.25, -0.2) is 0 Å². The molecule has 0 radical (unpaired) electrons. The van der Waals surface area contributed by atoms with Gasteiger partial charge in [-0.2, -0.15) is 0 Å². The number of carbonyl (C=O) groups excluding carboxylic acids is 2. The zero-order valence-electron chi connectivity index (χ0n) is 17.9. The molecule has 0 aliphatic rings. The van der Waals surface area contributed by atoms with Crippen LogP contribution < -0.4 is 20.1 Å². The lowest BCUT2D eigenvalue weighted by Gasteiger charge is -2.18. The van der Waals surface area contributed by atoms with Crippen LogP contribution in [0.2, 0.25) is 0 Å². The van der Waals surface area contributed by atoms with Crippen LogP contribution in [0.4, 0.5) is 11.4 Å². The number of anilines is 2. The minimum atomic E-state index is -0.374. The Morgan fingerprint density at radius 2 is 1.45 bits per heavy atom. The smallest absolute Gasteiger partial charge is 0.261 e. The Hall–Kier alpha value is -3.81. The Bertz CT molecular complexity index is 1060. The average molecular weight is 423 g/mol. The Kier molecular flexibility index (Phi) is 6.92. The SMILES string of the molecule is CCOc1cc(NC(=O)c2c(C)noc2C)c(OCC)cc1NC(=O)c1ccccc1. The molecular weight excluding hydrogens is 398 g/mol. The number of aryl methyl sites for hydroxylation is 2. The molecule has 0 unspecified atom stereocenters. The molecule has 2 amide bonds. The molecule has 0 spiro atoms. The first-order valence-corrected chi connectivity index (χ1v) is 9.98. The molecule has 1 heterocycles. The second kappa shape index (κ2) is 9.80. The molecule has 0 atom stereocenters. The van der Waals surface area contributed by atoms with Gasteiger partial charge >= 0.3 is 0 Å². The van der Waals surface area contributed by atoms with Crippen molar-refractivity contribution in [2.24, 2.45) is 0 Å². The van der Waals surface area contributed by atoms with Crippen molar-refractivity contribution in [3.05, 3.63) is 65.0 Å². The molecule has 0 aliphatic carbocycles. The summed E-state index contributed by atoms with van der Waals surface area (Å²) in [6.45, 7) is 7.78. The first-order chi connectivity index (χ1) is 14.9. The first kappa shape index (κ1) is 21.9. The summed E-state index contributed by atoms with van der Waals surface area (Å²) < 4.78 is 16.5. The van der Waals surface area contributed by atoms with Crippen molar-refractivity contribution in [3.8, 4) is 11.5 Å². The van der Waals surface area contributed by atoms with Crippen LogP contribution in [-0.2, 0) is 0 Å². The lowest BCUT2D eigenvalue weighted by molar-refractivity contribution is 0.101. The van der Waals surface area contributed by atoms with Gasteiger partial charge in [-0.3, -0.25) is 9.59 Å². The van der Waals surface area contributed by atoms with E-state index in [4.69, 9.17) is 14.0 Å². The third-order valence-electron chi connectivity index (χ3n) is 4.47. The molecule has 0 aliphatic heterocycles. The number of ether oxygens (including phenoxy) is 2. The molecule has 162 valence electrons. The summed E-state index contributed by atoms with van der Waals surface area (Å²) in [5, 5.41) is 9.51. The molecule has 8 nitrogen and oxygen atoms in total. The van der Waals surface area contributed by atoms with E-state index in [0.717, 1.165) is 0 Å². The van der Waals surface area contributed by atoms with Gasteiger partial charge in [0.25, 0.3) is 11.8 Å². The number of nitrogens with one attached hydrogen (secondary N) is 2. The Morgan fingerprint density at radius 1 is 0.903 bits per heavy atom. The molecule has 0 fully saturated rings. The number of carbonyl (C=O) groups is 2. The van der Waals surface area contributed by atoms with Crippen LogP contribution in [0.3, 0.4) is 0 Å². The van der Waals surface area contributed by atoms with Crippen molar-refractivity contribution < 1.29 is 23.6 Å². The number of hydrogen-bond acceptors (Lipinski definition) is 6. The summed E-state index contributed by atoms with van der Waals surface area (Å²) in [5.41, 5.74) is 2.22. The van der Waals surface area contributed by atoms with Gasteiger partial charge in [0.15, 0.2) is 0 Å². The summed E-state index contributed by atoms with van der Waals surface area (Å²) in [5.74, 6) is 0.570. The maximum Gasteiger partial charge on any atom is 0.261 e. The minimum absolute atomic E-state index is 0.281. The number of benzene rings is 2. The average Bonchev–Trinajstić information content (AvgIpc) is 3.10. The van der Waals surface area contributed by atoms with E-state index in [1.807, 2.05) is 19.9 Å². The van der Waals surface area contributed by atoms with Gasteiger partial charge in [-0.05, 0) is 39.8 Å². The van der Waals surface area contributed by atoms with Crippen molar-refractivity contribution in [1.29, 1.82) is 0 Å². The number of amides is 2. The Balaban J connectivity index is 1.95. The highest BCUT2D eigenvalue weighted by atomic mass is 16.5. The minimum Gasteiger partial charge on any atom is -0.492 e. The number of aromatic nitrogens is 1. The van der Waals surface area contributed by atoms with Crippen LogP contribution in [0.15, 0.2) is 47.0 Å². The molecule has 3 rings (SSSR count). The quantitative estimate of drug-likeness (QED) is 0.549. The van der Waals surface area contributed by atoms with E-state index in [2.05, 4.69) is 15.8 Å². The maximum absolute atomic E-state index is 12.8. The van der Waals surface area contributed by atoms with Crippen LogP contribution in [0.25, 0.3) is 0 Å². The van der Waals surface area contributed by atoms with E-state index < -0.39 is 0 Å². The standard InChI is InChI=1S/C23H25N3O5/c1-5-29-19-13-18(25-23(28)21-14(3)26-31-15(21)4)20(30-6-2)12-17(19)24-22(27)16-10-8-7-9-11-16/h7-13H,5-6H2,1-4H3,(H,24,27)(H,25,28). The first-order valence-electron chi connectivity index (χ1n) is 9.98. The van der Waals surface area contributed by atoms with E-state index in [9.17, 15) is 9.59 Å². The molecule has 8 heteroatoms. The van der Waals surface area contributed by atoms with Gasteiger partial charge in [-0.1, -0.05) is 23.4 Å². The molecule has 0 saturated heterocycles. The predicted octanol–water partition coefficient (Wildman–Crippen LogP) is 4.59. The Morgan fingerprint density at radius 3 is 1.94 bits per heavy atom. The Labute approximate surface area is 180 Å². The van der Waals surface area contributed by atoms with E-state index in [1.54, 1.807) is 50.2 Å². The zero-order valence-corrected chi connectivity index (χ0v) is 17.9. The largest absolute Gasteiger partial charge is 0.492 e. The van der Waals surface area contributed by atoms with Gasteiger partial charge in [0.1, 0.15) is 22.8 Å². The highest BCUT2D eigenvalue weighted by molar-refractivity contribution is 6.08. The van der Waals surface area contributed by atoms with E-state index >= 15 is 0 Å². The molecule has 31 heavy (non-hydrogen) atoms. The molecular formula is C23H25N3O5. The molecule has 3 aromatic rings. The highest BCUT2D eigenvalue weighted by Crippen LogP contribution is 2.37. The molecule has 0 bridgehead atoms. The summed E-state index contributed by atoms with van der Waals surface area (Å²) >= 11 is 0. The number of rotatable bonds is 8. The molecule has 0 saturated carbocycles.